The molecule has 7 nitrogen and oxygen atoms in total. The van der Waals surface area contributed by atoms with Gasteiger partial charge in [0.1, 0.15) is 18.7 Å². The number of anilines is 1. The third-order valence-electron chi connectivity index (χ3n) is 4.20. The highest BCUT2D eigenvalue weighted by molar-refractivity contribution is 6.31. The zero-order chi connectivity index (χ0) is 18.5. The predicted octanol–water partition coefficient (Wildman–Crippen LogP) is 2.64. The first-order valence-electron chi connectivity index (χ1n) is 8.55. The third-order valence-corrected chi connectivity index (χ3v) is 4.57. The predicted molar refractivity (Wildman–Crippen MR) is 102 cm³/mol. The van der Waals surface area contributed by atoms with E-state index in [-0.39, 0.29) is 12.5 Å². The minimum absolute atomic E-state index is 0.0860. The van der Waals surface area contributed by atoms with Gasteiger partial charge in [-0.1, -0.05) is 29.8 Å². The van der Waals surface area contributed by atoms with Gasteiger partial charge >= 0.3 is 0 Å². The molecule has 1 aromatic carbocycles. The molecule has 26 heavy (non-hydrogen) atoms. The van der Waals surface area contributed by atoms with E-state index in [1.54, 1.807) is 16.9 Å². The summed E-state index contributed by atoms with van der Waals surface area (Å²) in [5.74, 6) is 0.681. The molecule has 136 valence electrons. The number of amides is 1. The Kier molecular flexibility index (Phi) is 5.68. The molecule has 0 radical (unpaired) electrons. The normalized spacial score (nSPS) is 10.9. The van der Waals surface area contributed by atoms with Crippen molar-refractivity contribution in [3.63, 3.8) is 0 Å². The van der Waals surface area contributed by atoms with Crippen LogP contribution in [0.2, 0.25) is 5.02 Å². The van der Waals surface area contributed by atoms with Gasteiger partial charge in [-0.05, 0) is 25.5 Å². The molecule has 0 aliphatic rings. The lowest BCUT2D eigenvalue weighted by molar-refractivity contribution is -0.121. The van der Waals surface area contributed by atoms with Crippen molar-refractivity contribution in [3.8, 4) is 0 Å². The van der Waals surface area contributed by atoms with Crippen LogP contribution in [0.5, 0.6) is 0 Å². The lowest BCUT2D eigenvalue weighted by Gasteiger charge is -2.19. The largest absolute Gasteiger partial charge is 0.356 e. The molecule has 1 N–H and O–H groups in total. The van der Waals surface area contributed by atoms with E-state index in [9.17, 15) is 4.79 Å². The monoisotopic (exact) mass is 372 g/mol. The second kappa shape index (κ2) is 8.14. The first-order chi connectivity index (χ1) is 12.6. The smallest absolute Gasteiger partial charge is 0.242 e. The second-order valence-electron chi connectivity index (χ2n) is 5.78. The number of halogens is 1. The molecule has 0 unspecified atom stereocenters. The quantitative estimate of drug-likeness (QED) is 0.690. The molecular formula is C18H21ClN6O. The molecule has 2 aromatic heterocycles. The van der Waals surface area contributed by atoms with E-state index in [2.05, 4.69) is 39.1 Å². The van der Waals surface area contributed by atoms with Crippen molar-refractivity contribution in [1.29, 1.82) is 0 Å². The van der Waals surface area contributed by atoms with Gasteiger partial charge in [0.15, 0.2) is 5.65 Å². The van der Waals surface area contributed by atoms with Crippen LogP contribution < -0.4 is 10.2 Å². The van der Waals surface area contributed by atoms with E-state index >= 15 is 0 Å². The topological polar surface area (TPSA) is 75.9 Å². The Labute approximate surface area is 157 Å². The van der Waals surface area contributed by atoms with Crippen molar-refractivity contribution in [2.24, 2.45) is 0 Å². The summed E-state index contributed by atoms with van der Waals surface area (Å²) in [5.41, 5.74) is 1.52. The average Bonchev–Trinajstić information content (AvgIpc) is 3.06. The van der Waals surface area contributed by atoms with Crippen molar-refractivity contribution in [1.82, 2.24) is 25.1 Å². The number of nitrogens with zero attached hydrogens (tertiary/aromatic N) is 5. The molecule has 0 aliphatic heterocycles. The molecule has 0 atom stereocenters. The van der Waals surface area contributed by atoms with Crippen molar-refractivity contribution in [2.75, 3.05) is 18.0 Å². The maximum Gasteiger partial charge on any atom is 0.242 e. The van der Waals surface area contributed by atoms with Crippen molar-refractivity contribution in [2.45, 2.75) is 26.9 Å². The van der Waals surface area contributed by atoms with E-state index in [1.165, 1.54) is 6.33 Å². The molecule has 3 rings (SSSR count). The SMILES string of the molecule is CCN(CC)c1ncnc2c1cnn2CC(=O)NCc1ccccc1Cl. The fourth-order valence-electron chi connectivity index (χ4n) is 2.80. The van der Waals surface area contributed by atoms with Gasteiger partial charge in [0.2, 0.25) is 5.91 Å². The van der Waals surface area contributed by atoms with Gasteiger partial charge in [0, 0.05) is 24.7 Å². The number of aromatic nitrogens is 4. The maximum atomic E-state index is 12.3. The summed E-state index contributed by atoms with van der Waals surface area (Å²) in [6.07, 6.45) is 3.22. The fraction of sp³-hybridized carbons (Fsp3) is 0.333. The number of hydrogen-bond acceptors (Lipinski definition) is 5. The Bertz CT molecular complexity index is 906. The highest BCUT2D eigenvalue weighted by Crippen LogP contribution is 2.22. The summed E-state index contributed by atoms with van der Waals surface area (Å²) < 4.78 is 1.59. The van der Waals surface area contributed by atoms with Crippen LogP contribution in [0.1, 0.15) is 19.4 Å². The summed E-state index contributed by atoms with van der Waals surface area (Å²) in [6, 6.07) is 7.43. The molecule has 2 heterocycles. The number of benzene rings is 1. The molecule has 0 aliphatic carbocycles. The first kappa shape index (κ1) is 18.1. The summed E-state index contributed by atoms with van der Waals surface area (Å²) in [5, 5.41) is 8.66. The molecule has 0 bridgehead atoms. The van der Waals surface area contributed by atoms with Crippen LogP contribution >= 0.6 is 11.6 Å². The van der Waals surface area contributed by atoms with E-state index in [0.29, 0.717) is 17.2 Å². The summed E-state index contributed by atoms with van der Waals surface area (Å²) in [6.45, 7) is 6.28. The summed E-state index contributed by atoms with van der Waals surface area (Å²) in [4.78, 5) is 23.1. The Morgan fingerprint density at radius 1 is 1.23 bits per heavy atom. The standard InChI is InChI=1S/C18H21ClN6O/c1-3-24(4-2)17-14-10-23-25(18(14)22-12-21-17)11-16(26)20-9-13-7-5-6-8-15(13)19/h5-8,10,12H,3-4,9,11H2,1-2H3,(H,20,26). The zero-order valence-electron chi connectivity index (χ0n) is 14.8. The first-order valence-corrected chi connectivity index (χ1v) is 8.93. The van der Waals surface area contributed by atoms with Crippen molar-refractivity contribution in [3.05, 3.63) is 47.4 Å². The van der Waals surface area contributed by atoms with Gasteiger partial charge in [-0.2, -0.15) is 5.10 Å². The van der Waals surface area contributed by atoms with Crippen LogP contribution in [0.15, 0.2) is 36.8 Å². The fourth-order valence-corrected chi connectivity index (χ4v) is 3.00. The van der Waals surface area contributed by atoms with Crippen LogP contribution in [0, 0.1) is 0 Å². The summed E-state index contributed by atoms with van der Waals surface area (Å²) >= 11 is 6.11. The van der Waals surface area contributed by atoms with Crippen LogP contribution in [0.25, 0.3) is 11.0 Å². The zero-order valence-corrected chi connectivity index (χ0v) is 15.6. The van der Waals surface area contributed by atoms with Gasteiger partial charge in [0.25, 0.3) is 0 Å². The molecule has 1 amide bonds. The van der Waals surface area contributed by atoms with Gasteiger partial charge < -0.3 is 10.2 Å². The Morgan fingerprint density at radius 2 is 2.00 bits per heavy atom. The molecule has 0 spiro atoms. The van der Waals surface area contributed by atoms with Crippen LogP contribution in [0.4, 0.5) is 5.82 Å². The highest BCUT2D eigenvalue weighted by atomic mass is 35.5. The van der Waals surface area contributed by atoms with Gasteiger partial charge in [-0.25, -0.2) is 14.6 Å². The lowest BCUT2D eigenvalue weighted by atomic mass is 10.2. The number of carbonyl (C=O) groups excluding carboxylic acids is 1. The molecule has 0 saturated carbocycles. The minimum atomic E-state index is -0.155. The van der Waals surface area contributed by atoms with Crippen molar-refractivity contribution < 1.29 is 4.79 Å². The number of nitrogens with one attached hydrogen (secondary N) is 1. The Hall–Kier alpha value is -2.67. The molecular weight excluding hydrogens is 352 g/mol. The van der Waals surface area contributed by atoms with Gasteiger partial charge in [-0.3, -0.25) is 4.79 Å². The molecule has 8 heteroatoms. The number of hydrogen-bond donors (Lipinski definition) is 1. The lowest BCUT2D eigenvalue weighted by Crippen LogP contribution is -2.27. The average molecular weight is 373 g/mol. The third kappa shape index (κ3) is 3.77. The highest BCUT2D eigenvalue weighted by Gasteiger charge is 2.15. The van der Waals surface area contributed by atoms with E-state index in [4.69, 9.17) is 11.6 Å². The van der Waals surface area contributed by atoms with Gasteiger partial charge in [-0.15, -0.1) is 0 Å². The molecule has 0 fully saturated rings. The Morgan fingerprint density at radius 3 is 2.73 bits per heavy atom. The minimum Gasteiger partial charge on any atom is -0.356 e. The van der Waals surface area contributed by atoms with E-state index < -0.39 is 0 Å². The second-order valence-corrected chi connectivity index (χ2v) is 6.18. The molecule has 0 saturated heterocycles. The van der Waals surface area contributed by atoms with Crippen LogP contribution in [-0.4, -0.2) is 38.7 Å². The van der Waals surface area contributed by atoms with Crippen LogP contribution in [0.3, 0.4) is 0 Å². The van der Waals surface area contributed by atoms with E-state index in [0.717, 1.165) is 29.9 Å². The number of rotatable bonds is 7. The maximum absolute atomic E-state index is 12.3. The van der Waals surface area contributed by atoms with Gasteiger partial charge in [0.05, 0.1) is 11.6 Å². The number of carbonyl (C=O) groups is 1. The van der Waals surface area contributed by atoms with E-state index in [1.807, 2.05) is 18.2 Å². The van der Waals surface area contributed by atoms with Crippen LogP contribution in [-0.2, 0) is 17.9 Å². The number of fused-ring (bicyclic) bond motifs is 1. The molecule has 3 aromatic rings. The van der Waals surface area contributed by atoms with Crippen molar-refractivity contribution >= 4 is 34.4 Å². The summed E-state index contributed by atoms with van der Waals surface area (Å²) in [7, 11) is 0. The Balaban J connectivity index is 1.74.